The molecule has 0 aliphatic heterocycles. The first-order valence-corrected chi connectivity index (χ1v) is 21.9. The molecule has 0 spiro atoms. The average molecular weight is 805 g/mol. The van der Waals surface area contributed by atoms with Crippen LogP contribution in [0.25, 0.3) is 65.3 Å². The second-order valence-electron chi connectivity index (χ2n) is 17.3. The number of rotatable bonds is 7. The zero-order valence-electron chi connectivity index (χ0n) is 35.3. The standard InChI is InChI=1S/C61H44N2/c1-61(2)55-31-15-14-26-49(55)50-39-38-46(40-56(50)61)62(57-32-16-20-41-18-6-8-24-47(41)57)45-36-34-43(35-37-45)59-51-27-10-12-29-53(51)60(54-30-13-11-28-52(54)59)63(44-22-4-3-5-23-44)58-33-17-21-42-19-7-9-25-48(42)58/h3-40H,1-2H3. The second-order valence-corrected chi connectivity index (χ2v) is 17.3. The molecule has 1 aliphatic carbocycles. The first-order valence-electron chi connectivity index (χ1n) is 21.9. The van der Waals surface area contributed by atoms with Gasteiger partial charge < -0.3 is 9.80 Å². The molecule has 0 saturated heterocycles. The van der Waals surface area contributed by atoms with E-state index in [4.69, 9.17) is 0 Å². The van der Waals surface area contributed by atoms with E-state index in [1.807, 2.05) is 0 Å². The van der Waals surface area contributed by atoms with E-state index in [0.717, 1.165) is 28.4 Å². The Bertz CT molecular complexity index is 3480. The summed E-state index contributed by atoms with van der Waals surface area (Å²) in [6.45, 7) is 4.72. The molecular formula is C61H44N2. The van der Waals surface area contributed by atoms with Crippen molar-refractivity contribution in [2.45, 2.75) is 19.3 Å². The normalized spacial score (nSPS) is 12.7. The summed E-state index contributed by atoms with van der Waals surface area (Å²) in [5.41, 5.74) is 14.5. The van der Waals surface area contributed by atoms with E-state index in [2.05, 4.69) is 254 Å². The van der Waals surface area contributed by atoms with Crippen LogP contribution in [0.3, 0.4) is 0 Å². The molecular weight excluding hydrogens is 761 g/mol. The summed E-state index contributed by atoms with van der Waals surface area (Å²) in [6.07, 6.45) is 0. The van der Waals surface area contributed by atoms with Crippen molar-refractivity contribution in [3.63, 3.8) is 0 Å². The van der Waals surface area contributed by atoms with E-state index in [0.29, 0.717) is 0 Å². The fourth-order valence-electron chi connectivity index (χ4n) is 10.5. The van der Waals surface area contributed by atoms with Gasteiger partial charge in [0.2, 0.25) is 0 Å². The highest BCUT2D eigenvalue weighted by Gasteiger charge is 2.36. The van der Waals surface area contributed by atoms with Crippen LogP contribution in [0, 0.1) is 0 Å². The maximum absolute atomic E-state index is 2.47. The minimum atomic E-state index is -0.117. The van der Waals surface area contributed by atoms with Crippen LogP contribution in [0.2, 0.25) is 0 Å². The highest BCUT2D eigenvalue weighted by Crippen LogP contribution is 2.52. The SMILES string of the molecule is CC1(C)c2ccccc2-c2ccc(N(c3ccc(-c4c5ccccc5c(N(c5ccccc5)c5cccc6ccccc56)c5ccccc45)cc3)c3cccc4ccccc34)cc21. The Labute approximate surface area is 368 Å². The molecule has 0 heterocycles. The molecule has 2 nitrogen and oxygen atoms in total. The van der Waals surface area contributed by atoms with Crippen LogP contribution in [0.5, 0.6) is 0 Å². The van der Waals surface area contributed by atoms with Crippen molar-refractivity contribution in [2.24, 2.45) is 0 Å². The first kappa shape index (κ1) is 36.9. The van der Waals surface area contributed by atoms with E-state index in [-0.39, 0.29) is 5.41 Å². The van der Waals surface area contributed by atoms with Crippen molar-refractivity contribution in [3.05, 3.63) is 242 Å². The van der Waals surface area contributed by atoms with Crippen LogP contribution < -0.4 is 9.80 Å². The lowest BCUT2D eigenvalue weighted by molar-refractivity contribution is 0.660. The van der Waals surface area contributed by atoms with Crippen molar-refractivity contribution in [2.75, 3.05) is 9.80 Å². The Morgan fingerprint density at radius 2 is 0.778 bits per heavy atom. The lowest BCUT2D eigenvalue weighted by Crippen LogP contribution is -2.16. The fourth-order valence-corrected chi connectivity index (χ4v) is 10.5. The van der Waals surface area contributed by atoms with Crippen LogP contribution in [0.1, 0.15) is 25.0 Å². The number of hydrogen-bond donors (Lipinski definition) is 0. The Balaban J connectivity index is 1.06. The smallest absolute Gasteiger partial charge is 0.0619 e. The maximum Gasteiger partial charge on any atom is 0.0619 e. The van der Waals surface area contributed by atoms with Crippen LogP contribution in [0.4, 0.5) is 34.1 Å². The molecule has 11 aromatic carbocycles. The molecule has 0 unspecified atom stereocenters. The van der Waals surface area contributed by atoms with Crippen molar-refractivity contribution < 1.29 is 0 Å². The number of nitrogens with zero attached hydrogens (tertiary/aromatic N) is 2. The zero-order chi connectivity index (χ0) is 42.1. The average Bonchev–Trinajstić information content (AvgIpc) is 3.57. The first-order chi connectivity index (χ1) is 31.0. The maximum atomic E-state index is 2.47. The fraction of sp³-hybridized carbons (Fsp3) is 0.0492. The topological polar surface area (TPSA) is 6.48 Å². The third-order valence-electron chi connectivity index (χ3n) is 13.4. The Morgan fingerprint density at radius 1 is 0.317 bits per heavy atom. The highest BCUT2D eigenvalue weighted by atomic mass is 15.2. The molecule has 0 radical (unpaired) electrons. The van der Waals surface area contributed by atoms with Crippen LogP contribution >= 0.6 is 0 Å². The van der Waals surface area contributed by atoms with Gasteiger partial charge in [-0.3, -0.25) is 0 Å². The molecule has 0 fully saturated rings. The quantitative estimate of drug-likeness (QED) is 0.148. The Hall–Kier alpha value is -7.94. The predicted octanol–water partition coefficient (Wildman–Crippen LogP) is 17.2. The van der Waals surface area contributed by atoms with E-state index >= 15 is 0 Å². The molecule has 0 amide bonds. The number of benzene rings is 11. The van der Waals surface area contributed by atoms with E-state index in [1.54, 1.807) is 0 Å². The molecule has 11 aromatic rings. The van der Waals surface area contributed by atoms with Gasteiger partial charge in [-0.05, 0) is 103 Å². The molecule has 298 valence electrons. The Morgan fingerprint density at radius 3 is 1.41 bits per heavy atom. The third kappa shape index (κ3) is 5.86. The van der Waals surface area contributed by atoms with E-state index in [1.165, 1.54) is 82.2 Å². The summed E-state index contributed by atoms with van der Waals surface area (Å²) in [5, 5.41) is 9.69. The third-order valence-corrected chi connectivity index (χ3v) is 13.4. The molecule has 0 N–H and O–H groups in total. The van der Waals surface area contributed by atoms with Gasteiger partial charge in [0.05, 0.1) is 17.1 Å². The molecule has 0 aromatic heterocycles. The number of fused-ring (bicyclic) bond motifs is 7. The summed E-state index contributed by atoms with van der Waals surface area (Å²) >= 11 is 0. The van der Waals surface area contributed by atoms with Gasteiger partial charge >= 0.3 is 0 Å². The number of para-hydroxylation sites is 1. The van der Waals surface area contributed by atoms with Crippen LogP contribution in [-0.2, 0) is 5.41 Å². The monoisotopic (exact) mass is 804 g/mol. The molecule has 2 heteroatoms. The van der Waals surface area contributed by atoms with E-state index in [9.17, 15) is 0 Å². The van der Waals surface area contributed by atoms with Gasteiger partial charge in [-0.25, -0.2) is 0 Å². The molecule has 0 atom stereocenters. The lowest BCUT2D eigenvalue weighted by Gasteiger charge is -2.30. The summed E-state index contributed by atoms with van der Waals surface area (Å²) in [5.74, 6) is 0. The molecule has 1 aliphatic rings. The summed E-state index contributed by atoms with van der Waals surface area (Å²) in [4.78, 5) is 4.92. The number of hydrogen-bond acceptors (Lipinski definition) is 2. The van der Waals surface area contributed by atoms with Gasteiger partial charge in [0, 0.05) is 44.0 Å². The second kappa shape index (κ2) is 14.6. The van der Waals surface area contributed by atoms with Gasteiger partial charge in [0.1, 0.15) is 0 Å². The minimum absolute atomic E-state index is 0.117. The van der Waals surface area contributed by atoms with Crippen molar-refractivity contribution >= 4 is 77.2 Å². The van der Waals surface area contributed by atoms with Crippen molar-refractivity contribution in [3.8, 4) is 22.3 Å². The van der Waals surface area contributed by atoms with E-state index < -0.39 is 0 Å². The van der Waals surface area contributed by atoms with Crippen LogP contribution in [-0.4, -0.2) is 0 Å². The summed E-state index contributed by atoms with van der Waals surface area (Å²) in [6, 6.07) is 84.7. The minimum Gasteiger partial charge on any atom is -0.310 e. The highest BCUT2D eigenvalue weighted by molar-refractivity contribution is 6.23. The summed E-state index contributed by atoms with van der Waals surface area (Å²) in [7, 11) is 0. The van der Waals surface area contributed by atoms with Gasteiger partial charge in [-0.2, -0.15) is 0 Å². The summed E-state index contributed by atoms with van der Waals surface area (Å²) < 4.78 is 0. The predicted molar refractivity (Wildman–Crippen MR) is 269 cm³/mol. The molecule has 63 heavy (non-hydrogen) atoms. The van der Waals surface area contributed by atoms with Gasteiger partial charge in [0.25, 0.3) is 0 Å². The van der Waals surface area contributed by atoms with Gasteiger partial charge in [-0.1, -0.05) is 196 Å². The lowest BCUT2D eigenvalue weighted by atomic mass is 9.82. The number of anilines is 6. The molecule has 12 rings (SSSR count). The molecule has 0 bridgehead atoms. The zero-order valence-corrected chi connectivity index (χ0v) is 35.3. The molecule has 0 saturated carbocycles. The van der Waals surface area contributed by atoms with Gasteiger partial charge in [0.15, 0.2) is 0 Å². The van der Waals surface area contributed by atoms with Crippen molar-refractivity contribution in [1.82, 2.24) is 0 Å². The van der Waals surface area contributed by atoms with Gasteiger partial charge in [-0.15, -0.1) is 0 Å². The largest absolute Gasteiger partial charge is 0.310 e. The Kier molecular flexibility index (Phi) is 8.55. The van der Waals surface area contributed by atoms with Crippen LogP contribution in [0.15, 0.2) is 231 Å². The van der Waals surface area contributed by atoms with Crippen molar-refractivity contribution in [1.29, 1.82) is 0 Å².